The second-order valence-corrected chi connectivity index (χ2v) is 9.48. The fraction of sp³-hybridized carbons (Fsp3) is 0.346. The van der Waals surface area contributed by atoms with E-state index in [2.05, 4.69) is 30.9 Å². The number of fused-ring (bicyclic) bond motifs is 1. The molecule has 1 aliphatic heterocycles. The van der Waals surface area contributed by atoms with Crippen molar-refractivity contribution in [2.45, 2.75) is 43.7 Å². The van der Waals surface area contributed by atoms with Gasteiger partial charge in [0.1, 0.15) is 11.6 Å². The summed E-state index contributed by atoms with van der Waals surface area (Å²) in [5.41, 5.74) is 2.44. The smallest absolute Gasteiger partial charge is 0.214 e. The van der Waals surface area contributed by atoms with Crippen LogP contribution in [0.5, 0.6) is 0 Å². The zero-order valence-corrected chi connectivity index (χ0v) is 20.0. The van der Waals surface area contributed by atoms with Crippen LogP contribution < -0.4 is 16.0 Å². The highest BCUT2D eigenvalue weighted by atomic mass is 19.1. The van der Waals surface area contributed by atoms with E-state index in [0.29, 0.717) is 35.2 Å². The summed E-state index contributed by atoms with van der Waals surface area (Å²) in [6.45, 7) is 1.31. The van der Waals surface area contributed by atoms with Crippen molar-refractivity contribution in [3.8, 4) is 11.4 Å². The van der Waals surface area contributed by atoms with Crippen molar-refractivity contribution in [1.29, 1.82) is 0 Å². The van der Waals surface area contributed by atoms with Gasteiger partial charge in [-0.2, -0.15) is 9.37 Å². The van der Waals surface area contributed by atoms with Gasteiger partial charge in [-0.15, -0.1) is 0 Å². The van der Waals surface area contributed by atoms with E-state index in [9.17, 15) is 13.9 Å². The Balaban J connectivity index is 1.41. The summed E-state index contributed by atoms with van der Waals surface area (Å²) in [5, 5.41) is 20.9. The molecule has 6 rings (SSSR count). The van der Waals surface area contributed by atoms with Crippen LogP contribution in [-0.4, -0.2) is 55.3 Å². The number of halogens is 2. The second-order valence-electron chi connectivity index (χ2n) is 9.48. The molecule has 4 aromatic rings. The molecule has 1 saturated carbocycles. The molecular weight excluding hydrogens is 478 g/mol. The normalized spacial score (nSPS) is 20.0. The highest BCUT2D eigenvalue weighted by Crippen LogP contribution is 2.41. The van der Waals surface area contributed by atoms with Crippen LogP contribution in [0.1, 0.15) is 37.2 Å². The van der Waals surface area contributed by atoms with Gasteiger partial charge >= 0.3 is 0 Å². The van der Waals surface area contributed by atoms with Crippen LogP contribution >= 0.6 is 0 Å². The molecule has 4 N–H and O–H groups in total. The number of β-amino-alcohol motifs (C(OH)–C–C–N with tert-alkyl or cyclic N) is 1. The maximum atomic E-state index is 14.1. The zero-order valence-electron chi connectivity index (χ0n) is 20.0. The number of rotatable bonds is 6. The van der Waals surface area contributed by atoms with Gasteiger partial charge in [0.05, 0.1) is 23.9 Å². The molecule has 2 fully saturated rings. The quantitative estimate of drug-likeness (QED) is 0.290. The predicted octanol–water partition coefficient (Wildman–Crippen LogP) is 3.91. The lowest BCUT2D eigenvalue weighted by Crippen LogP contribution is -2.47. The van der Waals surface area contributed by atoms with Crippen molar-refractivity contribution in [3.05, 3.63) is 60.2 Å². The van der Waals surface area contributed by atoms with E-state index in [1.807, 2.05) is 6.20 Å². The molecule has 0 amide bonds. The molecule has 0 radical (unpaired) electrons. The van der Waals surface area contributed by atoms with Crippen LogP contribution in [0.25, 0.3) is 22.3 Å². The van der Waals surface area contributed by atoms with Gasteiger partial charge in [-0.05, 0) is 61.6 Å². The average Bonchev–Trinajstić information content (AvgIpc) is 2.87. The van der Waals surface area contributed by atoms with Crippen LogP contribution in [0.15, 0.2) is 42.9 Å². The van der Waals surface area contributed by atoms with Crippen LogP contribution in [0.2, 0.25) is 0 Å². The number of nitrogens with one attached hydrogen (secondary N) is 3. The Hall–Kier alpha value is -3.83. The Labute approximate surface area is 211 Å². The lowest BCUT2D eigenvalue weighted by molar-refractivity contribution is 0.128. The second kappa shape index (κ2) is 9.91. The number of aliphatic hydroxyl groups excluding tert-OH is 1. The first-order valence-corrected chi connectivity index (χ1v) is 12.4. The largest absolute Gasteiger partial charge is 0.390 e. The van der Waals surface area contributed by atoms with Gasteiger partial charge < -0.3 is 21.1 Å². The van der Waals surface area contributed by atoms with Crippen LogP contribution in [0, 0.1) is 11.8 Å². The number of hydrogen-bond acceptors (Lipinski definition) is 9. The minimum atomic E-state index is -0.802. The van der Waals surface area contributed by atoms with E-state index < -0.39 is 17.9 Å². The molecule has 1 saturated heterocycles. The number of hydrogen-bond donors (Lipinski definition) is 4. The van der Waals surface area contributed by atoms with Gasteiger partial charge in [0.15, 0.2) is 17.5 Å². The molecule has 2 aliphatic rings. The Morgan fingerprint density at radius 3 is 2.70 bits per heavy atom. The molecule has 2 atom stereocenters. The van der Waals surface area contributed by atoms with Gasteiger partial charge in [-0.1, -0.05) is 6.42 Å². The summed E-state index contributed by atoms with van der Waals surface area (Å²) in [6.07, 6.45) is 8.73. The molecule has 0 aromatic carbocycles. The molecule has 11 heteroatoms. The lowest BCUT2D eigenvalue weighted by Gasteiger charge is -2.31. The Bertz CT molecular complexity index is 1450. The predicted molar refractivity (Wildman–Crippen MR) is 135 cm³/mol. The fourth-order valence-corrected chi connectivity index (χ4v) is 4.82. The van der Waals surface area contributed by atoms with Gasteiger partial charge in [0, 0.05) is 29.9 Å². The van der Waals surface area contributed by atoms with E-state index in [1.54, 1.807) is 18.3 Å². The number of aromatic nitrogens is 5. The summed E-state index contributed by atoms with van der Waals surface area (Å²) in [7, 11) is 0. The lowest BCUT2D eigenvalue weighted by atomic mass is 9.79. The maximum absolute atomic E-state index is 14.1. The van der Waals surface area contributed by atoms with Crippen LogP contribution in [-0.2, 0) is 0 Å². The highest BCUT2D eigenvalue weighted by Gasteiger charge is 2.28. The van der Waals surface area contributed by atoms with Crippen molar-refractivity contribution in [3.63, 3.8) is 0 Å². The fourth-order valence-electron chi connectivity index (χ4n) is 4.82. The zero-order chi connectivity index (χ0) is 25.4. The van der Waals surface area contributed by atoms with E-state index >= 15 is 0 Å². The van der Waals surface area contributed by atoms with E-state index in [0.717, 1.165) is 48.9 Å². The Morgan fingerprint density at radius 2 is 1.89 bits per heavy atom. The summed E-state index contributed by atoms with van der Waals surface area (Å²) in [6, 6.07) is 5.19. The molecule has 1 aliphatic carbocycles. The van der Waals surface area contributed by atoms with E-state index in [4.69, 9.17) is 9.97 Å². The number of anilines is 3. The van der Waals surface area contributed by atoms with Crippen molar-refractivity contribution >= 4 is 28.4 Å². The average molecular weight is 505 g/mol. The van der Waals surface area contributed by atoms with Crippen molar-refractivity contribution < 1.29 is 13.9 Å². The molecule has 9 nitrogen and oxygen atoms in total. The maximum Gasteiger partial charge on any atom is 0.214 e. The third-order valence-corrected chi connectivity index (χ3v) is 7.03. The number of piperidine rings is 1. The summed E-state index contributed by atoms with van der Waals surface area (Å²) in [4.78, 5) is 21.9. The number of pyridine rings is 3. The number of aliphatic hydroxyl groups is 1. The molecule has 37 heavy (non-hydrogen) atoms. The minimum absolute atomic E-state index is 0.161. The molecule has 0 bridgehead atoms. The minimum Gasteiger partial charge on any atom is -0.390 e. The van der Waals surface area contributed by atoms with E-state index in [-0.39, 0.29) is 17.7 Å². The molecule has 0 spiro atoms. The van der Waals surface area contributed by atoms with Gasteiger partial charge in [0.2, 0.25) is 5.95 Å². The first kappa shape index (κ1) is 23.6. The SMILES string of the molecule is O[C@@H]1CNCC[C@H]1Nc1nc(-c2ccnc(Nc3nc(F)ccc3F)c2)nc2cncc(C3CCC3)c12. The van der Waals surface area contributed by atoms with Crippen molar-refractivity contribution in [2.75, 3.05) is 23.7 Å². The first-order valence-electron chi connectivity index (χ1n) is 12.4. The van der Waals surface area contributed by atoms with Gasteiger partial charge in [0.25, 0.3) is 0 Å². The first-order chi connectivity index (χ1) is 18.0. The van der Waals surface area contributed by atoms with E-state index in [1.165, 1.54) is 12.6 Å². The molecule has 0 unspecified atom stereocenters. The van der Waals surface area contributed by atoms with Crippen LogP contribution in [0.3, 0.4) is 0 Å². The number of nitrogens with zero attached hydrogens (tertiary/aromatic N) is 5. The standard InChI is InChI=1S/C26H26F2N8O/c27-17-4-5-21(28)34-25(17)35-22-10-15(6-9-31-22)24-33-19-12-30-11-16(14-2-1-3-14)23(19)26(36-24)32-18-7-8-29-13-20(18)37/h4-6,9-12,14,18,20,29,37H,1-3,7-8,13H2,(H,31,34,35)(H,32,33,36)/t18-,20-/m1/s1. The molecular formula is C26H26F2N8O. The molecule has 190 valence electrons. The van der Waals surface area contributed by atoms with Crippen molar-refractivity contribution in [2.24, 2.45) is 0 Å². The summed E-state index contributed by atoms with van der Waals surface area (Å²) < 4.78 is 27.6. The van der Waals surface area contributed by atoms with Gasteiger partial charge in [-0.25, -0.2) is 19.3 Å². The molecule has 5 heterocycles. The monoisotopic (exact) mass is 504 g/mol. The third kappa shape index (κ3) is 4.79. The summed E-state index contributed by atoms with van der Waals surface area (Å²) in [5.74, 6) is -0.0118. The topological polar surface area (TPSA) is 121 Å². The molecule has 4 aromatic heterocycles. The van der Waals surface area contributed by atoms with Crippen molar-refractivity contribution in [1.82, 2.24) is 30.2 Å². The van der Waals surface area contributed by atoms with Gasteiger partial charge in [-0.3, -0.25) is 4.98 Å². The Kier molecular flexibility index (Phi) is 6.31. The Morgan fingerprint density at radius 1 is 1.00 bits per heavy atom. The third-order valence-electron chi connectivity index (χ3n) is 7.03. The van der Waals surface area contributed by atoms with Crippen LogP contribution in [0.4, 0.5) is 26.2 Å². The highest BCUT2D eigenvalue weighted by molar-refractivity contribution is 5.93. The summed E-state index contributed by atoms with van der Waals surface area (Å²) >= 11 is 0.